The van der Waals surface area contributed by atoms with Gasteiger partial charge in [-0.3, -0.25) is 4.57 Å². The molecule has 0 fully saturated rings. The van der Waals surface area contributed by atoms with Crippen LogP contribution < -0.4 is 9.47 Å². The van der Waals surface area contributed by atoms with Crippen molar-refractivity contribution in [3.8, 4) is 17.7 Å². The average Bonchev–Trinajstić information content (AvgIpc) is 2.81. The van der Waals surface area contributed by atoms with Crippen molar-refractivity contribution in [2.24, 2.45) is 0 Å². The van der Waals surface area contributed by atoms with Crippen molar-refractivity contribution in [2.45, 2.75) is 6.92 Å². The van der Waals surface area contributed by atoms with Gasteiger partial charge in [0.15, 0.2) is 0 Å². The Morgan fingerprint density at radius 3 is 2.29 bits per heavy atom. The van der Waals surface area contributed by atoms with Crippen LogP contribution in [0.3, 0.4) is 0 Å². The van der Waals surface area contributed by atoms with E-state index in [0.29, 0.717) is 22.7 Å². The standard InChI is InChI=1S/C14H13ClN4O2/c1-8-16-10-6-9(15)4-5-11(10)19(8)14-17-12(20-2)7-13(18-14)21-3/h4-7H,1-3H3. The van der Waals surface area contributed by atoms with Crippen molar-refractivity contribution in [1.29, 1.82) is 0 Å². The van der Waals surface area contributed by atoms with Gasteiger partial charge in [0.1, 0.15) is 5.82 Å². The maximum Gasteiger partial charge on any atom is 0.242 e. The predicted molar refractivity (Wildman–Crippen MR) is 79.5 cm³/mol. The van der Waals surface area contributed by atoms with E-state index in [4.69, 9.17) is 21.1 Å². The van der Waals surface area contributed by atoms with Gasteiger partial charge < -0.3 is 9.47 Å². The number of imidazole rings is 1. The summed E-state index contributed by atoms with van der Waals surface area (Å²) in [5.41, 5.74) is 1.65. The second-order valence-electron chi connectivity index (χ2n) is 4.38. The van der Waals surface area contributed by atoms with Crippen molar-refractivity contribution in [1.82, 2.24) is 19.5 Å². The fourth-order valence-corrected chi connectivity index (χ4v) is 2.29. The number of nitrogens with zero attached hydrogens (tertiary/aromatic N) is 4. The van der Waals surface area contributed by atoms with Gasteiger partial charge in [-0.1, -0.05) is 11.6 Å². The first-order valence-corrected chi connectivity index (χ1v) is 6.62. The Balaban J connectivity index is 2.27. The van der Waals surface area contributed by atoms with E-state index in [1.165, 1.54) is 0 Å². The maximum atomic E-state index is 6.00. The van der Waals surface area contributed by atoms with Gasteiger partial charge in [-0.2, -0.15) is 9.97 Å². The number of benzene rings is 1. The molecule has 0 aliphatic rings. The minimum atomic E-state index is 0.423. The van der Waals surface area contributed by atoms with Crippen molar-refractivity contribution >= 4 is 22.6 Å². The van der Waals surface area contributed by atoms with E-state index in [9.17, 15) is 0 Å². The number of aromatic nitrogens is 4. The molecule has 0 radical (unpaired) electrons. The summed E-state index contributed by atoms with van der Waals surface area (Å²) >= 11 is 6.00. The van der Waals surface area contributed by atoms with Crippen LogP contribution in [0.1, 0.15) is 5.82 Å². The van der Waals surface area contributed by atoms with Gasteiger partial charge in [0.25, 0.3) is 0 Å². The van der Waals surface area contributed by atoms with Crippen LogP contribution in [-0.4, -0.2) is 33.7 Å². The topological polar surface area (TPSA) is 62.1 Å². The van der Waals surface area contributed by atoms with Crippen molar-refractivity contribution < 1.29 is 9.47 Å². The average molecular weight is 305 g/mol. The van der Waals surface area contributed by atoms with Crippen LogP contribution in [0.15, 0.2) is 24.3 Å². The second-order valence-corrected chi connectivity index (χ2v) is 4.82. The third kappa shape index (κ3) is 2.38. The molecule has 0 saturated carbocycles. The Kier molecular flexibility index (Phi) is 3.39. The first-order chi connectivity index (χ1) is 10.1. The molecule has 0 spiro atoms. The summed E-state index contributed by atoms with van der Waals surface area (Å²) in [6, 6.07) is 7.11. The molecule has 2 aromatic heterocycles. The molecule has 0 unspecified atom stereocenters. The lowest BCUT2D eigenvalue weighted by Crippen LogP contribution is -2.05. The highest BCUT2D eigenvalue weighted by molar-refractivity contribution is 6.31. The van der Waals surface area contributed by atoms with Crippen molar-refractivity contribution in [3.63, 3.8) is 0 Å². The molecule has 0 saturated heterocycles. The molecule has 7 heteroatoms. The van der Waals surface area contributed by atoms with E-state index in [1.807, 2.05) is 17.6 Å². The summed E-state index contributed by atoms with van der Waals surface area (Å²) in [5, 5.41) is 0.635. The van der Waals surface area contributed by atoms with Crippen LogP contribution in [0.25, 0.3) is 17.0 Å². The molecule has 0 amide bonds. The van der Waals surface area contributed by atoms with Crippen molar-refractivity contribution in [3.05, 3.63) is 35.1 Å². The predicted octanol–water partition coefficient (Wildman–Crippen LogP) is 2.79. The number of fused-ring (bicyclic) bond motifs is 1. The van der Waals surface area contributed by atoms with Crippen LogP contribution in [0, 0.1) is 6.92 Å². The molecule has 0 aliphatic heterocycles. The summed E-state index contributed by atoms with van der Waals surface area (Å²) in [6.07, 6.45) is 0. The molecular weight excluding hydrogens is 292 g/mol. The van der Waals surface area contributed by atoms with Gasteiger partial charge in [-0.05, 0) is 25.1 Å². The third-order valence-electron chi connectivity index (χ3n) is 3.07. The highest BCUT2D eigenvalue weighted by Crippen LogP contribution is 2.24. The lowest BCUT2D eigenvalue weighted by molar-refractivity contribution is 0.370. The summed E-state index contributed by atoms with van der Waals surface area (Å²) < 4.78 is 12.2. The van der Waals surface area contributed by atoms with Crippen LogP contribution in [0.4, 0.5) is 0 Å². The van der Waals surface area contributed by atoms with E-state index in [2.05, 4.69) is 15.0 Å². The number of halogens is 1. The largest absolute Gasteiger partial charge is 0.481 e. The van der Waals surface area contributed by atoms with Gasteiger partial charge in [0.2, 0.25) is 17.7 Å². The van der Waals surface area contributed by atoms with Crippen LogP contribution in [0.5, 0.6) is 11.8 Å². The summed E-state index contributed by atoms with van der Waals surface area (Å²) in [5.74, 6) is 2.04. The Labute approximate surface area is 126 Å². The smallest absolute Gasteiger partial charge is 0.242 e. The molecule has 2 heterocycles. The Morgan fingerprint density at radius 1 is 1.00 bits per heavy atom. The van der Waals surface area contributed by atoms with E-state index < -0.39 is 0 Å². The van der Waals surface area contributed by atoms with Gasteiger partial charge in [0.05, 0.1) is 31.3 Å². The number of hydrogen-bond acceptors (Lipinski definition) is 5. The van der Waals surface area contributed by atoms with Gasteiger partial charge >= 0.3 is 0 Å². The van der Waals surface area contributed by atoms with Gasteiger partial charge in [-0.25, -0.2) is 4.98 Å². The zero-order valence-corrected chi connectivity index (χ0v) is 12.5. The third-order valence-corrected chi connectivity index (χ3v) is 3.30. The minimum absolute atomic E-state index is 0.423. The summed E-state index contributed by atoms with van der Waals surface area (Å²) in [6.45, 7) is 1.88. The molecule has 3 rings (SSSR count). The van der Waals surface area contributed by atoms with Crippen LogP contribution >= 0.6 is 11.6 Å². The second kappa shape index (κ2) is 5.21. The molecule has 21 heavy (non-hydrogen) atoms. The number of aryl methyl sites for hydroxylation is 1. The van der Waals surface area contributed by atoms with E-state index in [1.54, 1.807) is 32.4 Å². The van der Waals surface area contributed by atoms with Gasteiger partial charge in [0, 0.05) is 5.02 Å². The monoisotopic (exact) mass is 304 g/mol. The zero-order valence-electron chi connectivity index (χ0n) is 11.8. The Hall–Kier alpha value is -2.34. The first kappa shape index (κ1) is 13.6. The Bertz CT molecular complexity index is 794. The molecule has 3 aromatic rings. The van der Waals surface area contributed by atoms with E-state index >= 15 is 0 Å². The van der Waals surface area contributed by atoms with E-state index in [0.717, 1.165) is 16.9 Å². The van der Waals surface area contributed by atoms with Crippen molar-refractivity contribution in [2.75, 3.05) is 14.2 Å². The highest BCUT2D eigenvalue weighted by Gasteiger charge is 2.14. The maximum absolute atomic E-state index is 6.00. The summed E-state index contributed by atoms with van der Waals surface area (Å²) in [7, 11) is 3.09. The quantitative estimate of drug-likeness (QED) is 0.744. The molecule has 6 nitrogen and oxygen atoms in total. The number of rotatable bonds is 3. The normalized spacial score (nSPS) is 10.9. The fourth-order valence-electron chi connectivity index (χ4n) is 2.13. The first-order valence-electron chi connectivity index (χ1n) is 6.24. The molecule has 1 aromatic carbocycles. The molecule has 0 atom stereocenters. The fraction of sp³-hybridized carbons (Fsp3) is 0.214. The molecule has 0 N–H and O–H groups in total. The van der Waals surface area contributed by atoms with Crippen LogP contribution in [-0.2, 0) is 0 Å². The number of hydrogen-bond donors (Lipinski definition) is 0. The lowest BCUT2D eigenvalue weighted by atomic mass is 10.3. The number of ether oxygens (including phenoxy) is 2. The summed E-state index contributed by atoms with van der Waals surface area (Å²) in [4.78, 5) is 13.2. The molecule has 0 bridgehead atoms. The van der Waals surface area contributed by atoms with Gasteiger partial charge in [-0.15, -0.1) is 0 Å². The minimum Gasteiger partial charge on any atom is -0.481 e. The number of methoxy groups -OCH3 is 2. The highest BCUT2D eigenvalue weighted by atomic mass is 35.5. The molecular formula is C14H13ClN4O2. The molecule has 0 aliphatic carbocycles. The SMILES string of the molecule is COc1cc(OC)nc(-n2c(C)nc3cc(Cl)ccc32)n1. The zero-order chi connectivity index (χ0) is 15.0. The lowest BCUT2D eigenvalue weighted by Gasteiger charge is -2.08. The van der Waals surface area contributed by atoms with E-state index in [-0.39, 0.29) is 0 Å². The molecule has 108 valence electrons. The Morgan fingerprint density at radius 2 is 1.67 bits per heavy atom. The van der Waals surface area contributed by atoms with Crippen LogP contribution in [0.2, 0.25) is 5.02 Å².